The van der Waals surface area contributed by atoms with E-state index in [1.54, 1.807) is 11.1 Å². The van der Waals surface area contributed by atoms with Crippen molar-refractivity contribution >= 4 is 0 Å². The van der Waals surface area contributed by atoms with E-state index < -0.39 is 0 Å². The van der Waals surface area contributed by atoms with E-state index in [2.05, 4.69) is 25.1 Å². The highest BCUT2D eigenvalue weighted by atomic mass is 14.4. The van der Waals surface area contributed by atoms with Crippen LogP contribution in [0.2, 0.25) is 0 Å². The van der Waals surface area contributed by atoms with Crippen LogP contribution in [0.25, 0.3) is 0 Å². The van der Waals surface area contributed by atoms with Gasteiger partial charge >= 0.3 is 0 Å². The first-order valence-corrected chi connectivity index (χ1v) is 6.95. The minimum absolute atomic E-state index is 0.921. The molecule has 0 heteroatoms. The van der Waals surface area contributed by atoms with Crippen molar-refractivity contribution < 1.29 is 0 Å². The molecule has 2 aliphatic carbocycles. The summed E-state index contributed by atoms with van der Waals surface area (Å²) in [7, 11) is 0. The molecule has 0 N–H and O–H groups in total. The van der Waals surface area contributed by atoms with Gasteiger partial charge in [0.2, 0.25) is 0 Å². The van der Waals surface area contributed by atoms with Crippen LogP contribution in [0.3, 0.4) is 0 Å². The van der Waals surface area contributed by atoms with Crippen molar-refractivity contribution in [3.8, 4) is 0 Å². The van der Waals surface area contributed by atoms with Crippen LogP contribution < -0.4 is 0 Å². The first kappa shape index (κ1) is 13.3. The fourth-order valence-corrected chi connectivity index (χ4v) is 2.97. The maximum absolute atomic E-state index is 2.40. The zero-order valence-electron chi connectivity index (χ0n) is 11.5. The number of hydrogen-bond acceptors (Lipinski definition) is 0. The lowest BCUT2D eigenvalue weighted by molar-refractivity contribution is 0.717. The lowest BCUT2D eigenvalue weighted by Gasteiger charge is -2.14. The molecule has 90 valence electrons. The van der Waals surface area contributed by atoms with Gasteiger partial charge in [0.15, 0.2) is 0 Å². The number of aryl methyl sites for hydroxylation is 1. The molecule has 0 spiro atoms. The Hall–Kier alpha value is -0.780. The molecule has 0 amide bonds. The third kappa shape index (κ3) is 2.31. The Morgan fingerprint density at radius 3 is 2.06 bits per heavy atom. The SMILES string of the molecule is CC.CC.Cc1ccc2c(c1)C1CCC2C1. The summed E-state index contributed by atoms with van der Waals surface area (Å²) >= 11 is 0. The van der Waals surface area contributed by atoms with E-state index >= 15 is 0 Å². The number of benzene rings is 1. The van der Waals surface area contributed by atoms with Gasteiger partial charge in [-0.25, -0.2) is 0 Å². The Morgan fingerprint density at radius 1 is 0.875 bits per heavy atom. The highest BCUT2D eigenvalue weighted by Gasteiger charge is 2.36. The number of hydrogen-bond donors (Lipinski definition) is 0. The molecular formula is C16H26. The number of fused-ring (bicyclic) bond motifs is 5. The van der Waals surface area contributed by atoms with Crippen LogP contribution in [0.1, 0.15) is 75.5 Å². The molecule has 0 aromatic heterocycles. The lowest BCUT2D eigenvalue weighted by atomic mass is 9.91. The van der Waals surface area contributed by atoms with Gasteiger partial charge in [-0.05, 0) is 49.1 Å². The van der Waals surface area contributed by atoms with Crippen LogP contribution in [-0.4, -0.2) is 0 Å². The molecule has 0 heterocycles. The van der Waals surface area contributed by atoms with Gasteiger partial charge in [0.1, 0.15) is 0 Å². The van der Waals surface area contributed by atoms with Gasteiger partial charge in [0.25, 0.3) is 0 Å². The summed E-state index contributed by atoms with van der Waals surface area (Å²) in [4.78, 5) is 0. The molecule has 1 saturated carbocycles. The van der Waals surface area contributed by atoms with Crippen LogP contribution in [0.4, 0.5) is 0 Å². The minimum atomic E-state index is 0.921. The molecule has 2 aliphatic rings. The second-order valence-corrected chi connectivity index (χ2v) is 4.34. The molecule has 1 aromatic rings. The maximum atomic E-state index is 2.40. The normalized spacial score (nSPS) is 23.8. The predicted molar refractivity (Wildman–Crippen MR) is 73.2 cm³/mol. The molecule has 2 unspecified atom stereocenters. The van der Waals surface area contributed by atoms with E-state index in [9.17, 15) is 0 Å². The summed E-state index contributed by atoms with van der Waals surface area (Å²) in [5, 5.41) is 0. The van der Waals surface area contributed by atoms with E-state index in [4.69, 9.17) is 0 Å². The lowest BCUT2D eigenvalue weighted by Crippen LogP contribution is -1.97. The van der Waals surface area contributed by atoms with Crippen LogP contribution in [0.5, 0.6) is 0 Å². The second kappa shape index (κ2) is 6.08. The van der Waals surface area contributed by atoms with Crippen LogP contribution in [0.15, 0.2) is 18.2 Å². The van der Waals surface area contributed by atoms with Crippen molar-refractivity contribution in [2.75, 3.05) is 0 Å². The Balaban J connectivity index is 0.000000291. The average molecular weight is 218 g/mol. The monoisotopic (exact) mass is 218 g/mol. The smallest absolute Gasteiger partial charge is 0.0153 e. The third-order valence-electron chi connectivity index (χ3n) is 3.55. The topological polar surface area (TPSA) is 0 Å². The summed E-state index contributed by atoms with van der Waals surface area (Å²) in [5.41, 5.74) is 4.77. The molecule has 2 bridgehead atoms. The van der Waals surface area contributed by atoms with Gasteiger partial charge in [-0.3, -0.25) is 0 Å². The Kier molecular flexibility index (Phi) is 5.05. The van der Waals surface area contributed by atoms with E-state index in [1.807, 2.05) is 27.7 Å². The molecule has 1 fully saturated rings. The zero-order valence-corrected chi connectivity index (χ0v) is 11.5. The highest BCUT2D eigenvalue weighted by Crippen LogP contribution is 2.52. The Morgan fingerprint density at radius 2 is 1.44 bits per heavy atom. The molecular weight excluding hydrogens is 192 g/mol. The molecule has 0 nitrogen and oxygen atoms in total. The average Bonchev–Trinajstić information content (AvgIpc) is 2.95. The molecule has 0 saturated heterocycles. The van der Waals surface area contributed by atoms with Gasteiger partial charge in [0, 0.05) is 0 Å². The van der Waals surface area contributed by atoms with Gasteiger partial charge in [-0.1, -0.05) is 51.5 Å². The molecule has 0 radical (unpaired) electrons. The van der Waals surface area contributed by atoms with Crippen molar-refractivity contribution in [1.29, 1.82) is 0 Å². The predicted octanol–water partition coefficient (Wildman–Crippen LogP) is 5.41. The van der Waals surface area contributed by atoms with E-state index in [0.717, 1.165) is 11.8 Å². The standard InChI is InChI=1S/C12H14.2C2H6/c1-8-2-5-11-9-3-4-10(7-9)12(11)6-8;2*1-2/h2,5-6,9-10H,3-4,7H2,1H3;2*1-2H3. The van der Waals surface area contributed by atoms with Crippen molar-refractivity contribution in [3.05, 3.63) is 34.9 Å². The van der Waals surface area contributed by atoms with Gasteiger partial charge < -0.3 is 0 Å². The van der Waals surface area contributed by atoms with Crippen molar-refractivity contribution in [2.24, 2.45) is 0 Å². The highest BCUT2D eigenvalue weighted by molar-refractivity contribution is 5.43. The first-order chi connectivity index (χ1) is 7.84. The van der Waals surface area contributed by atoms with Crippen molar-refractivity contribution in [3.63, 3.8) is 0 Å². The third-order valence-corrected chi connectivity index (χ3v) is 3.55. The summed E-state index contributed by atoms with van der Waals surface area (Å²) in [6, 6.07) is 7.02. The summed E-state index contributed by atoms with van der Waals surface area (Å²) in [5.74, 6) is 1.84. The van der Waals surface area contributed by atoms with Crippen LogP contribution in [0, 0.1) is 6.92 Å². The molecule has 16 heavy (non-hydrogen) atoms. The van der Waals surface area contributed by atoms with Gasteiger partial charge in [0.05, 0.1) is 0 Å². The molecule has 0 aliphatic heterocycles. The second-order valence-electron chi connectivity index (χ2n) is 4.34. The van der Waals surface area contributed by atoms with E-state index in [1.165, 1.54) is 24.8 Å². The Bertz CT molecular complexity index is 325. The Labute approximate surface area is 101 Å². The van der Waals surface area contributed by atoms with Crippen molar-refractivity contribution in [2.45, 2.75) is 65.7 Å². The molecule has 3 rings (SSSR count). The van der Waals surface area contributed by atoms with E-state index in [-0.39, 0.29) is 0 Å². The quantitative estimate of drug-likeness (QED) is 0.546. The molecule has 1 aromatic carbocycles. The largest absolute Gasteiger partial charge is 0.0683 e. The summed E-state index contributed by atoms with van der Waals surface area (Å²) < 4.78 is 0. The fourth-order valence-electron chi connectivity index (χ4n) is 2.97. The number of rotatable bonds is 0. The van der Waals surface area contributed by atoms with Gasteiger partial charge in [-0.2, -0.15) is 0 Å². The summed E-state index contributed by atoms with van der Waals surface area (Å²) in [6.07, 6.45) is 4.33. The first-order valence-electron chi connectivity index (χ1n) is 6.95. The van der Waals surface area contributed by atoms with Crippen LogP contribution >= 0.6 is 0 Å². The van der Waals surface area contributed by atoms with Crippen molar-refractivity contribution in [1.82, 2.24) is 0 Å². The molecule has 2 atom stereocenters. The summed E-state index contributed by atoms with van der Waals surface area (Å²) in [6.45, 7) is 10.2. The van der Waals surface area contributed by atoms with Gasteiger partial charge in [-0.15, -0.1) is 0 Å². The zero-order chi connectivity index (χ0) is 12.1. The minimum Gasteiger partial charge on any atom is -0.0683 e. The maximum Gasteiger partial charge on any atom is -0.0153 e. The van der Waals surface area contributed by atoms with E-state index in [0.29, 0.717) is 0 Å². The van der Waals surface area contributed by atoms with Crippen LogP contribution in [-0.2, 0) is 0 Å². The fraction of sp³-hybridized carbons (Fsp3) is 0.625.